The molecule has 0 radical (unpaired) electrons. The van der Waals surface area contributed by atoms with E-state index in [4.69, 9.17) is 0 Å². The summed E-state index contributed by atoms with van der Waals surface area (Å²) < 4.78 is 26.3. The van der Waals surface area contributed by atoms with E-state index in [1.54, 1.807) is 18.2 Å². The molecule has 2 aromatic carbocycles. The highest BCUT2D eigenvalue weighted by molar-refractivity contribution is 9.10. The highest BCUT2D eigenvalue weighted by Gasteiger charge is 2.18. The molecule has 0 bridgehead atoms. The van der Waals surface area contributed by atoms with Crippen LogP contribution < -0.4 is 0 Å². The van der Waals surface area contributed by atoms with Gasteiger partial charge in [-0.2, -0.15) is 0 Å². The Hall–Kier alpha value is -1.76. The Labute approximate surface area is 144 Å². The van der Waals surface area contributed by atoms with Gasteiger partial charge in [-0.1, -0.05) is 46.3 Å². The average Bonchev–Trinajstić information content (AvgIpc) is 2.54. The lowest BCUT2D eigenvalue weighted by Gasteiger charge is -2.11. The van der Waals surface area contributed by atoms with Crippen LogP contribution in [0.3, 0.4) is 0 Å². The largest absolute Gasteiger partial charge is 0.289 e. The number of ketones is 1. The van der Waals surface area contributed by atoms with E-state index < -0.39 is 10.0 Å². The molecule has 0 spiro atoms. The molecule has 0 aromatic heterocycles. The highest BCUT2D eigenvalue weighted by Crippen LogP contribution is 2.16. The van der Waals surface area contributed by atoms with Crippen LogP contribution in [-0.2, 0) is 10.0 Å². The summed E-state index contributed by atoms with van der Waals surface area (Å²) >= 11 is 3.35. The summed E-state index contributed by atoms with van der Waals surface area (Å²) in [6.07, 6.45) is 3.13. The van der Waals surface area contributed by atoms with Crippen LogP contribution >= 0.6 is 15.9 Å². The number of carbonyl (C=O) groups is 1. The van der Waals surface area contributed by atoms with Gasteiger partial charge in [0, 0.05) is 24.1 Å². The maximum atomic E-state index is 12.2. The van der Waals surface area contributed by atoms with Gasteiger partial charge in [0.1, 0.15) is 0 Å². The molecule has 0 saturated carbocycles. The predicted octanol–water partition coefficient (Wildman–Crippen LogP) is 3.60. The van der Waals surface area contributed by atoms with Gasteiger partial charge in [0.15, 0.2) is 5.78 Å². The van der Waals surface area contributed by atoms with Crippen molar-refractivity contribution in [2.24, 2.45) is 0 Å². The van der Waals surface area contributed by atoms with E-state index in [1.165, 1.54) is 32.3 Å². The maximum Gasteiger partial charge on any atom is 0.242 e. The lowest BCUT2D eigenvalue weighted by molar-refractivity contribution is 0.104. The van der Waals surface area contributed by atoms with Crippen LogP contribution in [0.15, 0.2) is 64.0 Å². The number of benzene rings is 2. The monoisotopic (exact) mass is 393 g/mol. The normalized spacial score (nSPS) is 12.0. The lowest BCUT2D eigenvalue weighted by Crippen LogP contribution is -2.22. The zero-order valence-corrected chi connectivity index (χ0v) is 15.1. The molecular weight excluding hydrogens is 378 g/mol. The number of hydrogen-bond donors (Lipinski definition) is 0. The van der Waals surface area contributed by atoms with Gasteiger partial charge in [0.05, 0.1) is 4.90 Å². The first-order valence-electron chi connectivity index (χ1n) is 6.81. The fourth-order valence-electron chi connectivity index (χ4n) is 1.86. The van der Waals surface area contributed by atoms with Crippen molar-refractivity contribution >= 4 is 37.8 Å². The summed E-state index contributed by atoms with van der Waals surface area (Å²) in [7, 11) is -0.642. The first-order valence-corrected chi connectivity index (χ1v) is 9.04. The molecule has 0 N–H and O–H groups in total. The number of carbonyl (C=O) groups excluding carboxylic acids is 1. The minimum atomic E-state index is -3.55. The Morgan fingerprint density at radius 3 is 2.35 bits per heavy atom. The minimum Gasteiger partial charge on any atom is -0.289 e. The number of nitrogens with zero attached hydrogens (tertiary/aromatic N) is 1. The van der Waals surface area contributed by atoms with E-state index >= 15 is 0 Å². The molecule has 6 heteroatoms. The SMILES string of the molecule is CN(C)S(=O)(=O)c1cccc(C(=O)/C=C/c2ccc(Br)cc2)c1. The van der Waals surface area contributed by atoms with Crippen LogP contribution in [-0.4, -0.2) is 32.6 Å². The van der Waals surface area contributed by atoms with Crippen molar-refractivity contribution in [3.05, 3.63) is 70.2 Å². The van der Waals surface area contributed by atoms with Crippen LogP contribution in [0, 0.1) is 0 Å². The second kappa shape index (κ2) is 7.21. The number of rotatable bonds is 5. The molecule has 2 aromatic rings. The van der Waals surface area contributed by atoms with Crippen LogP contribution in [0.2, 0.25) is 0 Å². The maximum absolute atomic E-state index is 12.2. The molecule has 0 aliphatic heterocycles. The van der Waals surface area contributed by atoms with E-state index in [1.807, 2.05) is 24.3 Å². The second-order valence-electron chi connectivity index (χ2n) is 5.06. The molecule has 2 rings (SSSR count). The van der Waals surface area contributed by atoms with Crippen molar-refractivity contribution in [2.75, 3.05) is 14.1 Å². The average molecular weight is 394 g/mol. The van der Waals surface area contributed by atoms with E-state index in [9.17, 15) is 13.2 Å². The quantitative estimate of drug-likeness (QED) is 0.575. The molecule has 4 nitrogen and oxygen atoms in total. The Kier molecular flexibility index (Phi) is 5.51. The van der Waals surface area contributed by atoms with Gasteiger partial charge in [-0.05, 0) is 35.9 Å². The Morgan fingerprint density at radius 1 is 1.09 bits per heavy atom. The summed E-state index contributed by atoms with van der Waals surface area (Å²) in [5.74, 6) is -0.247. The van der Waals surface area contributed by atoms with Crippen molar-refractivity contribution in [3.63, 3.8) is 0 Å². The molecular formula is C17H16BrNO3S. The fourth-order valence-corrected chi connectivity index (χ4v) is 3.08. The van der Waals surface area contributed by atoms with Gasteiger partial charge in [0.25, 0.3) is 0 Å². The number of allylic oxidation sites excluding steroid dienone is 1. The van der Waals surface area contributed by atoms with Gasteiger partial charge in [-0.3, -0.25) is 4.79 Å². The van der Waals surface area contributed by atoms with Gasteiger partial charge in [0.2, 0.25) is 10.0 Å². The summed E-state index contributed by atoms with van der Waals surface area (Å²) in [6.45, 7) is 0. The first kappa shape index (κ1) is 17.6. The minimum absolute atomic E-state index is 0.102. The lowest BCUT2D eigenvalue weighted by atomic mass is 10.1. The van der Waals surface area contributed by atoms with E-state index in [-0.39, 0.29) is 10.7 Å². The van der Waals surface area contributed by atoms with E-state index in [0.717, 1.165) is 14.3 Å². The third-order valence-corrected chi connectivity index (χ3v) is 5.53. The van der Waals surface area contributed by atoms with E-state index in [0.29, 0.717) is 5.56 Å². The van der Waals surface area contributed by atoms with Crippen molar-refractivity contribution in [1.29, 1.82) is 0 Å². The van der Waals surface area contributed by atoms with Gasteiger partial charge < -0.3 is 0 Å². The number of sulfonamides is 1. The standard InChI is InChI=1S/C17H16BrNO3S/c1-19(2)23(21,22)16-5-3-4-14(12-16)17(20)11-8-13-6-9-15(18)10-7-13/h3-12H,1-2H3/b11-8+. The van der Waals surface area contributed by atoms with E-state index in [2.05, 4.69) is 15.9 Å². The third kappa shape index (κ3) is 4.37. The highest BCUT2D eigenvalue weighted by atomic mass is 79.9. The molecule has 0 atom stereocenters. The Bertz CT molecular complexity index is 840. The summed E-state index contributed by atoms with van der Waals surface area (Å²) in [4.78, 5) is 12.3. The fraction of sp³-hybridized carbons (Fsp3) is 0.118. The number of halogens is 1. The van der Waals surface area contributed by atoms with Gasteiger partial charge in [-0.25, -0.2) is 12.7 Å². The molecule has 0 amide bonds. The number of hydrogen-bond acceptors (Lipinski definition) is 3. The molecule has 0 aliphatic rings. The van der Waals surface area contributed by atoms with Crippen molar-refractivity contribution < 1.29 is 13.2 Å². The molecule has 120 valence electrons. The molecule has 0 aliphatic carbocycles. The van der Waals surface area contributed by atoms with Crippen molar-refractivity contribution in [3.8, 4) is 0 Å². The van der Waals surface area contributed by atoms with Crippen LogP contribution in [0.25, 0.3) is 6.08 Å². The third-order valence-electron chi connectivity index (χ3n) is 3.19. The zero-order valence-electron chi connectivity index (χ0n) is 12.7. The summed E-state index contributed by atoms with van der Waals surface area (Å²) in [5.41, 5.74) is 1.22. The van der Waals surface area contributed by atoms with Gasteiger partial charge in [-0.15, -0.1) is 0 Å². The zero-order chi connectivity index (χ0) is 17.0. The van der Waals surface area contributed by atoms with Crippen LogP contribution in [0.5, 0.6) is 0 Å². The molecule has 0 saturated heterocycles. The first-order chi connectivity index (χ1) is 10.8. The smallest absolute Gasteiger partial charge is 0.242 e. The molecule has 0 heterocycles. The van der Waals surface area contributed by atoms with Crippen molar-refractivity contribution in [1.82, 2.24) is 4.31 Å². The molecule has 23 heavy (non-hydrogen) atoms. The topological polar surface area (TPSA) is 54.5 Å². The van der Waals surface area contributed by atoms with Crippen LogP contribution in [0.1, 0.15) is 15.9 Å². The summed E-state index contributed by atoms with van der Waals surface area (Å²) in [6, 6.07) is 13.6. The molecule has 0 unspecified atom stereocenters. The predicted molar refractivity (Wildman–Crippen MR) is 94.8 cm³/mol. The van der Waals surface area contributed by atoms with Gasteiger partial charge >= 0.3 is 0 Å². The van der Waals surface area contributed by atoms with Crippen LogP contribution in [0.4, 0.5) is 0 Å². The molecule has 0 fully saturated rings. The second-order valence-corrected chi connectivity index (χ2v) is 8.13. The summed E-state index contributed by atoms with van der Waals surface area (Å²) in [5, 5.41) is 0. The Balaban J connectivity index is 2.25. The Morgan fingerprint density at radius 2 is 1.74 bits per heavy atom. The van der Waals surface area contributed by atoms with Crippen molar-refractivity contribution in [2.45, 2.75) is 4.90 Å².